The van der Waals surface area contributed by atoms with Crippen LogP contribution in [0.1, 0.15) is 31.1 Å². The van der Waals surface area contributed by atoms with Crippen LogP contribution in [0, 0.1) is 0 Å². The van der Waals surface area contributed by atoms with Gasteiger partial charge in [0, 0.05) is 7.11 Å². The molecule has 1 aliphatic heterocycles. The van der Waals surface area contributed by atoms with Crippen molar-refractivity contribution in [3.05, 3.63) is 89.5 Å². The minimum absolute atomic E-state index is 0.135. The predicted octanol–water partition coefficient (Wildman–Crippen LogP) is 3.69. The molecule has 1 aliphatic rings. The summed E-state index contributed by atoms with van der Waals surface area (Å²) in [5, 5.41) is 0. The summed E-state index contributed by atoms with van der Waals surface area (Å²) in [6, 6.07) is 19.5. The molecule has 1 saturated heterocycles. The van der Waals surface area contributed by atoms with Crippen LogP contribution in [-0.4, -0.2) is 77.6 Å². The van der Waals surface area contributed by atoms with Gasteiger partial charge in [0.2, 0.25) is 0 Å². The first-order chi connectivity index (χ1) is 19.9. The number of benzene rings is 3. The van der Waals surface area contributed by atoms with Crippen molar-refractivity contribution in [3.63, 3.8) is 0 Å². The van der Waals surface area contributed by atoms with Crippen molar-refractivity contribution in [3.8, 4) is 17.2 Å². The molecule has 0 aliphatic carbocycles. The molecule has 4 unspecified atom stereocenters. The molecule has 0 aromatic heterocycles. The lowest BCUT2D eigenvalue weighted by molar-refractivity contribution is -0.155. The molecule has 0 amide bonds. The minimum Gasteiger partial charge on any atom is -0.496 e. The number of hydrogen-bond acceptors (Lipinski definition) is 11. The Morgan fingerprint density at radius 1 is 0.610 bits per heavy atom. The van der Waals surface area contributed by atoms with Crippen molar-refractivity contribution in [2.24, 2.45) is 0 Å². The van der Waals surface area contributed by atoms with E-state index in [1.807, 2.05) is 0 Å². The highest BCUT2D eigenvalue weighted by atomic mass is 16.7. The van der Waals surface area contributed by atoms with Crippen molar-refractivity contribution in [1.29, 1.82) is 0 Å². The lowest BCUT2D eigenvalue weighted by Crippen LogP contribution is -2.42. The summed E-state index contributed by atoms with van der Waals surface area (Å²) in [5.41, 5.74) is 0.471. The van der Waals surface area contributed by atoms with E-state index < -0.39 is 42.5 Å². The first-order valence-corrected chi connectivity index (χ1v) is 12.6. The van der Waals surface area contributed by atoms with Gasteiger partial charge in [-0.25, -0.2) is 14.4 Å². The Hall–Kier alpha value is -4.61. The fourth-order valence-electron chi connectivity index (χ4n) is 4.33. The molecule has 0 N–H and O–H groups in total. The van der Waals surface area contributed by atoms with E-state index >= 15 is 0 Å². The SMILES string of the molecule is COc1ccccc1C(=O)OCC1OC(OC)C(OC(=O)c2ccccc2OC)C1OC(=O)c1ccccc1OC. The van der Waals surface area contributed by atoms with Gasteiger partial charge in [0.15, 0.2) is 18.5 Å². The Balaban J connectivity index is 1.61. The van der Waals surface area contributed by atoms with E-state index in [1.54, 1.807) is 60.7 Å². The molecular weight excluding hydrogens is 536 g/mol. The molecule has 0 saturated carbocycles. The quantitative estimate of drug-likeness (QED) is 0.249. The summed E-state index contributed by atoms with van der Waals surface area (Å²) in [4.78, 5) is 39.3. The third-order valence-electron chi connectivity index (χ3n) is 6.35. The lowest BCUT2D eigenvalue weighted by atomic mass is 10.1. The Labute approximate surface area is 236 Å². The van der Waals surface area contributed by atoms with Crippen molar-refractivity contribution in [2.45, 2.75) is 24.6 Å². The molecule has 4 rings (SSSR count). The molecule has 0 bridgehead atoms. The molecule has 3 aromatic rings. The van der Waals surface area contributed by atoms with Crippen LogP contribution in [0.4, 0.5) is 0 Å². The highest BCUT2D eigenvalue weighted by Crippen LogP contribution is 2.32. The van der Waals surface area contributed by atoms with Crippen molar-refractivity contribution in [2.75, 3.05) is 35.0 Å². The van der Waals surface area contributed by atoms with E-state index in [4.69, 9.17) is 37.9 Å². The average Bonchev–Trinajstić information content (AvgIpc) is 3.34. The van der Waals surface area contributed by atoms with Gasteiger partial charge in [0.25, 0.3) is 0 Å². The van der Waals surface area contributed by atoms with Gasteiger partial charge in [-0.2, -0.15) is 0 Å². The summed E-state index contributed by atoms with van der Waals surface area (Å²) in [5.74, 6) is -1.33. The molecule has 0 radical (unpaired) electrons. The first-order valence-electron chi connectivity index (χ1n) is 12.6. The highest BCUT2D eigenvalue weighted by Gasteiger charge is 2.51. The smallest absolute Gasteiger partial charge is 0.342 e. The largest absolute Gasteiger partial charge is 0.496 e. The molecule has 216 valence electrons. The zero-order chi connectivity index (χ0) is 29.4. The minimum atomic E-state index is -1.23. The highest BCUT2D eigenvalue weighted by molar-refractivity contribution is 5.94. The maximum Gasteiger partial charge on any atom is 0.342 e. The lowest BCUT2D eigenvalue weighted by Gasteiger charge is -2.24. The topological polar surface area (TPSA) is 125 Å². The zero-order valence-corrected chi connectivity index (χ0v) is 22.9. The molecule has 4 atom stereocenters. The number of carbonyl (C=O) groups excluding carboxylic acids is 3. The van der Waals surface area contributed by atoms with Gasteiger partial charge in [-0.15, -0.1) is 0 Å². The second-order valence-corrected chi connectivity index (χ2v) is 8.72. The van der Waals surface area contributed by atoms with Gasteiger partial charge in [0.05, 0.1) is 21.3 Å². The van der Waals surface area contributed by atoms with Gasteiger partial charge in [-0.3, -0.25) is 0 Å². The number of para-hydroxylation sites is 3. The van der Waals surface area contributed by atoms with Crippen LogP contribution in [0.15, 0.2) is 72.8 Å². The van der Waals surface area contributed by atoms with Crippen molar-refractivity contribution < 1.29 is 52.3 Å². The van der Waals surface area contributed by atoms with Crippen LogP contribution >= 0.6 is 0 Å². The van der Waals surface area contributed by atoms with Crippen LogP contribution < -0.4 is 14.2 Å². The predicted molar refractivity (Wildman–Crippen MR) is 143 cm³/mol. The van der Waals surface area contributed by atoms with Gasteiger partial charge in [0.1, 0.15) is 46.6 Å². The summed E-state index contributed by atoms with van der Waals surface area (Å²) in [6.07, 6.45) is -4.68. The third-order valence-corrected chi connectivity index (χ3v) is 6.35. The number of carbonyl (C=O) groups is 3. The first kappa shape index (κ1) is 29.4. The fourth-order valence-corrected chi connectivity index (χ4v) is 4.33. The second-order valence-electron chi connectivity index (χ2n) is 8.72. The van der Waals surface area contributed by atoms with Crippen molar-refractivity contribution >= 4 is 17.9 Å². The van der Waals surface area contributed by atoms with Gasteiger partial charge in [-0.1, -0.05) is 36.4 Å². The van der Waals surface area contributed by atoms with E-state index in [0.29, 0.717) is 5.75 Å². The molecular formula is C30H30O11. The summed E-state index contributed by atoms with van der Waals surface area (Å²) in [7, 11) is 5.62. The molecule has 41 heavy (non-hydrogen) atoms. The molecule has 1 fully saturated rings. The van der Waals surface area contributed by atoms with E-state index in [-0.39, 0.29) is 34.8 Å². The van der Waals surface area contributed by atoms with Crippen molar-refractivity contribution in [1.82, 2.24) is 0 Å². The summed E-state index contributed by atoms with van der Waals surface area (Å²) >= 11 is 0. The number of rotatable bonds is 11. The Kier molecular flexibility index (Phi) is 9.77. The van der Waals surface area contributed by atoms with Gasteiger partial charge in [-0.05, 0) is 36.4 Å². The number of hydrogen-bond donors (Lipinski definition) is 0. The Bertz CT molecular complexity index is 1370. The van der Waals surface area contributed by atoms with Crippen LogP contribution in [0.25, 0.3) is 0 Å². The zero-order valence-electron chi connectivity index (χ0n) is 22.9. The second kappa shape index (κ2) is 13.6. The van der Waals surface area contributed by atoms with Crippen LogP contribution in [-0.2, 0) is 23.7 Å². The molecule has 3 aromatic carbocycles. The Morgan fingerprint density at radius 2 is 1.02 bits per heavy atom. The van der Waals surface area contributed by atoms with E-state index in [9.17, 15) is 14.4 Å². The standard InChI is InChI=1S/C30H30O11/c1-34-21-14-8-5-11-18(21)27(31)38-17-24-25(40-28(32)19-12-6-9-15-22(19)35-2)26(30(37-4)39-24)41-29(33)20-13-7-10-16-23(20)36-3/h5-16,24-26,30H,17H2,1-4H3. The van der Waals surface area contributed by atoms with E-state index in [2.05, 4.69) is 0 Å². The van der Waals surface area contributed by atoms with Crippen LogP contribution in [0.3, 0.4) is 0 Å². The Morgan fingerprint density at radius 3 is 1.46 bits per heavy atom. The number of esters is 3. The summed E-state index contributed by atoms with van der Waals surface area (Å²) < 4.78 is 44.3. The van der Waals surface area contributed by atoms with E-state index in [0.717, 1.165) is 0 Å². The molecule has 11 nitrogen and oxygen atoms in total. The third kappa shape index (κ3) is 6.59. The monoisotopic (exact) mass is 566 g/mol. The van der Waals surface area contributed by atoms with Gasteiger partial charge < -0.3 is 37.9 Å². The fraction of sp³-hybridized carbons (Fsp3) is 0.300. The maximum atomic E-state index is 13.3. The van der Waals surface area contributed by atoms with Gasteiger partial charge >= 0.3 is 17.9 Å². The number of methoxy groups -OCH3 is 4. The van der Waals surface area contributed by atoms with E-state index in [1.165, 1.54) is 40.6 Å². The molecule has 0 spiro atoms. The van der Waals surface area contributed by atoms with Crippen LogP contribution in [0.2, 0.25) is 0 Å². The molecule has 1 heterocycles. The van der Waals surface area contributed by atoms with Crippen LogP contribution in [0.5, 0.6) is 17.2 Å². The summed E-state index contributed by atoms with van der Waals surface area (Å²) in [6.45, 7) is -0.358. The molecule has 11 heteroatoms. The maximum absolute atomic E-state index is 13.3. The normalized spacial score (nSPS) is 19.6. The average molecular weight is 567 g/mol. The number of ether oxygens (including phenoxy) is 8.